The molecule has 3 rings (SSSR count). The van der Waals surface area contributed by atoms with E-state index in [2.05, 4.69) is 20.8 Å². The number of thioether (sulfide) groups is 1. The molecule has 0 bridgehead atoms. The molecular weight excluding hydrogens is 451 g/mol. The first-order valence-electron chi connectivity index (χ1n) is 10.5. The van der Waals surface area contributed by atoms with Gasteiger partial charge in [-0.3, -0.25) is 4.79 Å². The van der Waals surface area contributed by atoms with Crippen molar-refractivity contribution in [3.05, 3.63) is 65.0 Å². The molecule has 33 heavy (non-hydrogen) atoms. The van der Waals surface area contributed by atoms with Crippen LogP contribution >= 0.6 is 11.8 Å². The van der Waals surface area contributed by atoms with Crippen LogP contribution in [0.15, 0.2) is 47.6 Å². The Balaban J connectivity index is 1.67. The maximum absolute atomic E-state index is 12.9. The van der Waals surface area contributed by atoms with Crippen molar-refractivity contribution in [3.63, 3.8) is 0 Å². The third-order valence-corrected chi connectivity index (χ3v) is 6.21. The van der Waals surface area contributed by atoms with Gasteiger partial charge in [0.2, 0.25) is 5.91 Å². The van der Waals surface area contributed by atoms with Crippen molar-refractivity contribution in [2.24, 2.45) is 0 Å². The molecule has 0 aliphatic rings. The molecule has 0 aliphatic carbocycles. The molecule has 2 aromatic carbocycles. The van der Waals surface area contributed by atoms with Gasteiger partial charge in [-0.25, -0.2) is 0 Å². The summed E-state index contributed by atoms with van der Waals surface area (Å²) in [5.41, 5.74) is 2.40. The van der Waals surface area contributed by atoms with Gasteiger partial charge in [0.05, 0.1) is 17.4 Å². The largest absolute Gasteiger partial charge is 0.416 e. The molecule has 6 nitrogen and oxygen atoms in total. The predicted octanol–water partition coefficient (Wildman–Crippen LogP) is 5.67. The van der Waals surface area contributed by atoms with Gasteiger partial charge in [-0.2, -0.15) is 13.2 Å². The smallest absolute Gasteiger partial charge is 0.378 e. The van der Waals surface area contributed by atoms with E-state index in [1.165, 1.54) is 17.8 Å². The summed E-state index contributed by atoms with van der Waals surface area (Å²) in [4.78, 5) is 12.8. The van der Waals surface area contributed by atoms with Gasteiger partial charge in [0.15, 0.2) is 11.0 Å². The zero-order chi connectivity index (χ0) is 24.2. The van der Waals surface area contributed by atoms with Crippen molar-refractivity contribution < 1.29 is 18.0 Å². The number of alkyl halides is 3. The number of carbonyl (C=O) groups is 1. The second kappa shape index (κ2) is 10.3. The molecule has 0 fully saturated rings. The molecule has 3 aromatic rings. The number of carbonyl (C=O) groups excluding carboxylic acids is 1. The number of amides is 1. The van der Waals surface area contributed by atoms with Crippen LogP contribution in [0.25, 0.3) is 0 Å². The van der Waals surface area contributed by atoms with Gasteiger partial charge >= 0.3 is 6.18 Å². The third-order valence-electron chi connectivity index (χ3n) is 5.13. The molecule has 176 valence electrons. The number of para-hydroxylation sites is 1. The molecule has 1 aromatic heterocycles. The van der Waals surface area contributed by atoms with Crippen LogP contribution in [0.2, 0.25) is 0 Å². The minimum absolute atomic E-state index is 0.147. The van der Waals surface area contributed by atoms with Crippen molar-refractivity contribution in [2.75, 3.05) is 10.6 Å². The second-order valence-corrected chi connectivity index (χ2v) is 8.90. The van der Waals surface area contributed by atoms with Crippen LogP contribution in [0.4, 0.5) is 24.5 Å². The van der Waals surface area contributed by atoms with Gasteiger partial charge in [0.1, 0.15) is 0 Å². The number of halogens is 3. The summed E-state index contributed by atoms with van der Waals surface area (Å²) < 4.78 is 40.6. The number of hydrogen-bond donors (Lipinski definition) is 2. The molecule has 0 unspecified atom stereocenters. The van der Waals surface area contributed by atoms with Crippen molar-refractivity contribution >= 4 is 29.0 Å². The quantitative estimate of drug-likeness (QED) is 0.410. The Labute approximate surface area is 195 Å². The van der Waals surface area contributed by atoms with Crippen molar-refractivity contribution in [2.45, 2.75) is 57.4 Å². The highest BCUT2D eigenvalue weighted by Crippen LogP contribution is 2.31. The Bertz CT molecular complexity index is 1110. The number of aryl methyl sites for hydroxylation is 2. The Morgan fingerprint density at radius 2 is 1.79 bits per heavy atom. The summed E-state index contributed by atoms with van der Waals surface area (Å²) in [6.45, 7) is 8.35. The molecule has 1 amide bonds. The number of nitrogens with one attached hydrogen (secondary N) is 2. The third kappa shape index (κ3) is 6.07. The normalized spacial score (nSPS) is 12.5. The molecule has 0 saturated heterocycles. The standard InChI is InChI=1S/C23H26F3N5OS/c1-5-31-19(13-27-18-11-7-10-17(12-18)23(24,25)26)29-30-22(31)33-16(4)21(32)28-20-14(2)8-6-9-15(20)3/h6-12,16,27H,5,13H2,1-4H3,(H,28,32)/t16-/m1/s1. The van der Waals surface area contributed by atoms with Crippen LogP contribution in [0, 0.1) is 13.8 Å². The lowest BCUT2D eigenvalue weighted by Gasteiger charge is -2.15. The number of aromatic nitrogens is 3. The Morgan fingerprint density at radius 1 is 1.12 bits per heavy atom. The van der Waals surface area contributed by atoms with Crippen LogP contribution in [-0.4, -0.2) is 25.9 Å². The Morgan fingerprint density at radius 3 is 2.42 bits per heavy atom. The highest BCUT2D eigenvalue weighted by molar-refractivity contribution is 8.00. The summed E-state index contributed by atoms with van der Waals surface area (Å²) in [5, 5.41) is 14.5. The molecule has 10 heteroatoms. The first kappa shape index (κ1) is 24.6. The number of rotatable bonds is 8. The van der Waals surface area contributed by atoms with Gasteiger partial charge in [-0.1, -0.05) is 36.0 Å². The SMILES string of the molecule is CCn1c(CNc2cccc(C(F)(F)F)c2)nnc1S[C@H](C)C(=O)Nc1c(C)cccc1C. The van der Waals surface area contributed by atoms with E-state index < -0.39 is 17.0 Å². The maximum Gasteiger partial charge on any atom is 0.416 e. The highest BCUT2D eigenvalue weighted by atomic mass is 32.2. The van der Waals surface area contributed by atoms with Gasteiger partial charge in [0.25, 0.3) is 0 Å². The van der Waals surface area contributed by atoms with E-state index in [4.69, 9.17) is 0 Å². The minimum Gasteiger partial charge on any atom is -0.378 e. The van der Waals surface area contributed by atoms with Gasteiger partial charge < -0.3 is 15.2 Å². The first-order chi connectivity index (χ1) is 15.6. The van der Waals surface area contributed by atoms with Crippen LogP contribution in [0.1, 0.15) is 36.4 Å². The van der Waals surface area contributed by atoms with Crippen LogP contribution in [-0.2, 0) is 24.1 Å². The lowest BCUT2D eigenvalue weighted by atomic mass is 10.1. The molecule has 2 N–H and O–H groups in total. The highest BCUT2D eigenvalue weighted by Gasteiger charge is 2.30. The monoisotopic (exact) mass is 477 g/mol. The van der Waals surface area contributed by atoms with E-state index in [-0.39, 0.29) is 12.5 Å². The van der Waals surface area contributed by atoms with Crippen LogP contribution in [0.3, 0.4) is 0 Å². The number of benzene rings is 2. The zero-order valence-corrected chi connectivity index (χ0v) is 19.6. The first-order valence-corrected chi connectivity index (χ1v) is 11.3. The van der Waals surface area contributed by atoms with E-state index in [9.17, 15) is 18.0 Å². The fourth-order valence-electron chi connectivity index (χ4n) is 3.29. The second-order valence-electron chi connectivity index (χ2n) is 7.59. The van der Waals surface area contributed by atoms with Crippen molar-refractivity contribution in [3.8, 4) is 0 Å². The lowest BCUT2D eigenvalue weighted by molar-refractivity contribution is -0.137. The maximum atomic E-state index is 12.9. The van der Waals surface area contributed by atoms with Gasteiger partial charge in [0, 0.05) is 17.9 Å². The van der Waals surface area contributed by atoms with Crippen molar-refractivity contribution in [1.82, 2.24) is 14.8 Å². The molecule has 0 radical (unpaired) electrons. The van der Waals surface area contributed by atoms with Crippen LogP contribution in [0.5, 0.6) is 0 Å². The average molecular weight is 478 g/mol. The summed E-state index contributed by atoms with van der Waals surface area (Å²) in [6, 6.07) is 10.8. The van der Waals surface area contributed by atoms with Gasteiger partial charge in [-0.05, 0) is 57.0 Å². The van der Waals surface area contributed by atoms with E-state index in [0.717, 1.165) is 28.9 Å². The predicted molar refractivity (Wildman–Crippen MR) is 124 cm³/mol. The fourth-order valence-corrected chi connectivity index (χ4v) is 4.22. The minimum atomic E-state index is -4.40. The number of anilines is 2. The molecule has 0 aliphatic heterocycles. The summed E-state index contributed by atoms with van der Waals surface area (Å²) in [5.74, 6) is 0.423. The van der Waals surface area contributed by atoms with E-state index in [1.807, 2.05) is 43.5 Å². The summed E-state index contributed by atoms with van der Waals surface area (Å²) in [6.07, 6.45) is -4.40. The van der Waals surface area contributed by atoms with E-state index >= 15 is 0 Å². The molecule has 1 atom stereocenters. The number of hydrogen-bond acceptors (Lipinski definition) is 5. The summed E-state index contributed by atoms with van der Waals surface area (Å²) >= 11 is 1.28. The molecule has 0 spiro atoms. The molecular formula is C23H26F3N5OS. The van der Waals surface area contributed by atoms with E-state index in [1.54, 1.807) is 13.0 Å². The molecule has 0 saturated carbocycles. The fraction of sp³-hybridized carbons (Fsp3) is 0.348. The molecule has 1 heterocycles. The average Bonchev–Trinajstić information content (AvgIpc) is 3.15. The van der Waals surface area contributed by atoms with Gasteiger partial charge in [-0.15, -0.1) is 10.2 Å². The Hall–Kier alpha value is -3.01. The number of nitrogens with zero attached hydrogens (tertiary/aromatic N) is 3. The van der Waals surface area contributed by atoms with Crippen molar-refractivity contribution in [1.29, 1.82) is 0 Å². The summed E-state index contributed by atoms with van der Waals surface area (Å²) in [7, 11) is 0. The Kier molecular flexibility index (Phi) is 7.68. The zero-order valence-electron chi connectivity index (χ0n) is 18.8. The van der Waals surface area contributed by atoms with Crippen LogP contribution < -0.4 is 10.6 Å². The lowest BCUT2D eigenvalue weighted by Crippen LogP contribution is -2.24. The topological polar surface area (TPSA) is 71.8 Å². The van der Waals surface area contributed by atoms with E-state index in [0.29, 0.717) is 23.2 Å².